The van der Waals surface area contributed by atoms with Crippen LogP contribution in [0.3, 0.4) is 0 Å². The Hall–Kier alpha value is -0.610. The molecule has 0 radical (unpaired) electrons. The molecule has 4 nitrogen and oxygen atoms in total. The Kier molecular flexibility index (Phi) is 6.97. The zero-order valence-electron chi connectivity index (χ0n) is 13.6. The first-order chi connectivity index (χ1) is 10.2. The van der Waals surface area contributed by atoms with Gasteiger partial charge in [0.15, 0.2) is 0 Å². The van der Waals surface area contributed by atoms with Gasteiger partial charge in [-0.1, -0.05) is 25.7 Å². The van der Waals surface area contributed by atoms with Crippen molar-refractivity contribution in [2.24, 2.45) is 0 Å². The van der Waals surface area contributed by atoms with E-state index in [4.69, 9.17) is 0 Å². The zero-order valence-corrected chi connectivity index (χ0v) is 13.6. The molecule has 21 heavy (non-hydrogen) atoms. The summed E-state index contributed by atoms with van der Waals surface area (Å²) in [6.07, 6.45) is 10.1. The topological polar surface area (TPSA) is 43.8 Å². The van der Waals surface area contributed by atoms with E-state index < -0.39 is 0 Å². The van der Waals surface area contributed by atoms with Crippen molar-refractivity contribution in [1.82, 2.24) is 9.80 Å². The number of carbonyl (C=O) groups excluding carboxylic acids is 1. The first-order valence-electron chi connectivity index (χ1n) is 8.86. The lowest BCUT2D eigenvalue weighted by Gasteiger charge is -2.32. The minimum Gasteiger partial charge on any atom is -0.393 e. The second-order valence-corrected chi connectivity index (χ2v) is 6.85. The number of hydrogen-bond donors (Lipinski definition) is 1. The van der Waals surface area contributed by atoms with Gasteiger partial charge in [0.2, 0.25) is 5.91 Å². The molecular weight excluding hydrogens is 264 g/mol. The van der Waals surface area contributed by atoms with Gasteiger partial charge in [-0.25, -0.2) is 0 Å². The Morgan fingerprint density at radius 2 is 1.67 bits per heavy atom. The van der Waals surface area contributed by atoms with E-state index in [2.05, 4.69) is 9.80 Å². The first-order valence-corrected chi connectivity index (χ1v) is 8.86. The molecule has 0 saturated carbocycles. The van der Waals surface area contributed by atoms with Gasteiger partial charge in [0.25, 0.3) is 0 Å². The summed E-state index contributed by atoms with van der Waals surface area (Å²) in [7, 11) is 0. The van der Waals surface area contributed by atoms with E-state index in [1.807, 2.05) is 6.92 Å². The van der Waals surface area contributed by atoms with Gasteiger partial charge >= 0.3 is 0 Å². The van der Waals surface area contributed by atoms with Crippen LogP contribution in [0, 0.1) is 0 Å². The van der Waals surface area contributed by atoms with Crippen molar-refractivity contribution in [2.45, 2.75) is 76.9 Å². The van der Waals surface area contributed by atoms with Crippen LogP contribution >= 0.6 is 0 Å². The van der Waals surface area contributed by atoms with Crippen LogP contribution < -0.4 is 0 Å². The molecule has 2 heterocycles. The van der Waals surface area contributed by atoms with Crippen LogP contribution in [0.2, 0.25) is 0 Å². The largest absolute Gasteiger partial charge is 0.393 e. The quantitative estimate of drug-likeness (QED) is 0.866. The Morgan fingerprint density at radius 1 is 1.05 bits per heavy atom. The van der Waals surface area contributed by atoms with Crippen molar-refractivity contribution in [1.29, 1.82) is 0 Å². The van der Waals surface area contributed by atoms with Crippen LogP contribution in [0.1, 0.15) is 64.7 Å². The fourth-order valence-corrected chi connectivity index (χ4v) is 3.70. The third-order valence-electron chi connectivity index (χ3n) is 4.91. The highest BCUT2D eigenvalue weighted by atomic mass is 16.3. The highest BCUT2D eigenvalue weighted by Crippen LogP contribution is 2.21. The summed E-state index contributed by atoms with van der Waals surface area (Å²) in [4.78, 5) is 17.0. The molecule has 0 aromatic rings. The van der Waals surface area contributed by atoms with Gasteiger partial charge in [-0.15, -0.1) is 0 Å². The summed E-state index contributed by atoms with van der Waals surface area (Å²) in [6.45, 7) is 5.30. The average molecular weight is 296 g/mol. The standard InChI is InChI=1S/C17H32N2O2/c1-15(20)13-16-9-5-4-8-12-19(16)14-17(21)18-10-6-2-3-7-11-18/h15-16,20H,2-14H2,1H3. The lowest BCUT2D eigenvalue weighted by atomic mass is 10.0. The van der Waals surface area contributed by atoms with Gasteiger partial charge in [0, 0.05) is 19.1 Å². The van der Waals surface area contributed by atoms with E-state index >= 15 is 0 Å². The van der Waals surface area contributed by atoms with Crippen molar-refractivity contribution in [2.75, 3.05) is 26.2 Å². The van der Waals surface area contributed by atoms with E-state index in [-0.39, 0.29) is 6.10 Å². The number of aliphatic hydroxyl groups excluding tert-OH is 1. The van der Waals surface area contributed by atoms with E-state index in [9.17, 15) is 9.90 Å². The second-order valence-electron chi connectivity index (χ2n) is 6.85. The molecule has 1 N–H and O–H groups in total. The van der Waals surface area contributed by atoms with Crippen LogP contribution in [0.4, 0.5) is 0 Å². The number of hydrogen-bond acceptors (Lipinski definition) is 3. The van der Waals surface area contributed by atoms with Crippen molar-refractivity contribution in [3.8, 4) is 0 Å². The fourth-order valence-electron chi connectivity index (χ4n) is 3.70. The number of carbonyl (C=O) groups is 1. The monoisotopic (exact) mass is 296 g/mol. The van der Waals surface area contributed by atoms with Gasteiger partial charge in [0.1, 0.15) is 0 Å². The summed E-state index contributed by atoms with van der Waals surface area (Å²) in [6, 6.07) is 0.378. The first kappa shape index (κ1) is 16.8. The van der Waals surface area contributed by atoms with Crippen LogP contribution in [0.15, 0.2) is 0 Å². The molecule has 2 aliphatic rings. The lowest BCUT2D eigenvalue weighted by Crippen LogP contribution is -2.45. The maximum absolute atomic E-state index is 12.6. The fraction of sp³-hybridized carbons (Fsp3) is 0.941. The normalized spacial score (nSPS) is 27.0. The van der Waals surface area contributed by atoms with Crippen LogP contribution in [0.5, 0.6) is 0 Å². The molecule has 4 heteroatoms. The van der Waals surface area contributed by atoms with Gasteiger partial charge in [-0.3, -0.25) is 9.69 Å². The molecule has 2 atom stereocenters. The Bertz CT molecular complexity index is 312. The van der Waals surface area contributed by atoms with Crippen LogP contribution in [-0.2, 0) is 4.79 Å². The molecule has 2 rings (SSSR count). The highest BCUT2D eigenvalue weighted by Gasteiger charge is 2.26. The summed E-state index contributed by atoms with van der Waals surface area (Å²) >= 11 is 0. The smallest absolute Gasteiger partial charge is 0.236 e. The number of nitrogens with zero attached hydrogens (tertiary/aromatic N) is 2. The maximum atomic E-state index is 12.6. The molecular formula is C17H32N2O2. The molecule has 0 bridgehead atoms. The van der Waals surface area contributed by atoms with Gasteiger partial charge < -0.3 is 10.0 Å². The minimum atomic E-state index is -0.274. The Balaban J connectivity index is 1.91. The molecule has 2 unspecified atom stereocenters. The molecule has 2 aliphatic heterocycles. The number of likely N-dealkylation sites (tertiary alicyclic amines) is 2. The molecule has 0 aliphatic carbocycles. The van der Waals surface area contributed by atoms with Crippen molar-refractivity contribution < 1.29 is 9.90 Å². The number of rotatable bonds is 4. The number of aliphatic hydroxyl groups is 1. The van der Waals surface area contributed by atoms with Crippen molar-refractivity contribution in [3.63, 3.8) is 0 Å². The van der Waals surface area contributed by atoms with Crippen molar-refractivity contribution >= 4 is 5.91 Å². The van der Waals surface area contributed by atoms with Gasteiger partial charge in [-0.05, 0) is 45.6 Å². The van der Waals surface area contributed by atoms with Crippen LogP contribution in [-0.4, -0.2) is 59.1 Å². The third-order valence-corrected chi connectivity index (χ3v) is 4.91. The van der Waals surface area contributed by atoms with E-state index in [0.717, 1.165) is 45.3 Å². The summed E-state index contributed by atoms with van der Waals surface area (Å²) < 4.78 is 0. The summed E-state index contributed by atoms with van der Waals surface area (Å²) in [5, 5.41) is 9.71. The van der Waals surface area contributed by atoms with E-state index in [1.54, 1.807) is 0 Å². The number of amides is 1. The summed E-state index contributed by atoms with van der Waals surface area (Å²) in [5.74, 6) is 0.300. The predicted molar refractivity (Wildman–Crippen MR) is 85.2 cm³/mol. The maximum Gasteiger partial charge on any atom is 0.236 e. The predicted octanol–water partition coefficient (Wildman–Crippen LogP) is 2.40. The van der Waals surface area contributed by atoms with Crippen molar-refractivity contribution in [3.05, 3.63) is 0 Å². The zero-order chi connectivity index (χ0) is 15.1. The highest BCUT2D eigenvalue weighted by molar-refractivity contribution is 5.78. The van der Waals surface area contributed by atoms with E-state index in [1.165, 1.54) is 32.1 Å². The molecule has 2 saturated heterocycles. The van der Waals surface area contributed by atoms with Gasteiger partial charge in [-0.2, -0.15) is 0 Å². The van der Waals surface area contributed by atoms with Gasteiger partial charge in [0.05, 0.1) is 12.6 Å². The molecule has 0 aromatic heterocycles. The summed E-state index contributed by atoms with van der Waals surface area (Å²) in [5.41, 5.74) is 0. The average Bonchev–Trinajstić information content (AvgIpc) is 2.82. The lowest BCUT2D eigenvalue weighted by molar-refractivity contribution is -0.133. The van der Waals surface area contributed by atoms with Crippen LogP contribution in [0.25, 0.3) is 0 Å². The Labute approximate surface area is 129 Å². The molecule has 0 spiro atoms. The second kappa shape index (κ2) is 8.74. The van der Waals surface area contributed by atoms with E-state index in [0.29, 0.717) is 18.5 Å². The molecule has 2 fully saturated rings. The molecule has 0 aromatic carbocycles. The SMILES string of the molecule is CC(O)CC1CCCCCN1CC(=O)N1CCCCCC1. The molecule has 122 valence electrons. The Morgan fingerprint density at radius 3 is 2.33 bits per heavy atom. The third kappa shape index (κ3) is 5.59. The molecule has 1 amide bonds. The minimum absolute atomic E-state index is 0.274.